The van der Waals surface area contributed by atoms with Crippen LogP contribution < -0.4 is 4.90 Å². The Kier molecular flexibility index (Phi) is 5.01. The summed E-state index contributed by atoms with van der Waals surface area (Å²) in [6.07, 6.45) is 13.8. The van der Waals surface area contributed by atoms with Crippen molar-refractivity contribution in [1.29, 1.82) is 5.26 Å². The van der Waals surface area contributed by atoms with Crippen molar-refractivity contribution in [2.24, 2.45) is 34.5 Å². The fourth-order valence-electron chi connectivity index (χ4n) is 9.76. The van der Waals surface area contributed by atoms with Gasteiger partial charge in [0.25, 0.3) is 0 Å². The number of hydrogen-bond donors (Lipinski definition) is 0. The molecule has 1 heterocycles. The van der Waals surface area contributed by atoms with E-state index in [4.69, 9.17) is 5.26 Å². The summed E-state index contributed by atoms with van der Waals surface area (Å²) in [6.45, 7) is 6.50. The lowest BCUT2D eigenvalue weighted by molar-refractivity contribution is -0.0398. The number of likely N-dealkylation sites (tertiary alicyclic amines) is 1. The zero-order valence-electron chi connectivity index (χ0n) is 21.1. The Morgan fingerprint density at radius 1 is 1.03 bits per heavy atom. The van der Waals surface area contributed by atoms with E-state index in [0.29, 0.717) is 16.9 Å². The molecule has 4 aliphatic carbocycles. The highest BCUT2D eigenvalue weighted by atomic mass is 15.2. The molecular weight excluding hydrogens is 402 g/mol. The highest BCUT2D eigenvalue weighted by Crippen LogP contribution is 2.68. The molecule has 1 saturated heterocycles. The predicted octanol–water partition coefficient (Wildman–Crippen LogP) is 6.26. The van der Waals surface area contributed by atoms with Crippen LogP contribution in [0.15, 0.2) is 35.9 Å². The standard InChI is InChI=1S/C30H41N3/c1-20-26-11-12-28-25-10-7-22-17-24(33(4)23-8-5-21(18-31)6-9-23)13-15-29(22,2)27(25)14-16-30(26,28)19-32(20)3/h5-9,20,24-28H,10-17,19H2,1-4H3/t20-,24-,25+,26+,27?,28-,29-,30-/m0/s1. The minimum Gasteiger partial charge on any atom is -0.371 e. The molecule has 0 N–H and O–H groups in total. The maximum Gasteiger partial charge on any atom is 0.0991 e. The smallest absolute Gasteiger partial charge is 0.0991 e. The van der Waals surface area contributed by atoms with Crippen LogP contribution in [0, 0.1) is 45.8 Å². The SMILES string of the molecule is C[C@H]1[C@H]2CC[C@H]3[C@@H]4CC=C5C[C@@H](N(C)c6ccc(C#N)cc6)CC[C@]5(C)C4CC[C@]23CN1C. The molecule has 1 unspecified atom stereocenters. The molecule has 0 aromatic heterocycles. The van der Waals surface area contributed by atoms with Crippen LogP contribution in [0.25, 0.3) is 0 Å². The Morgan fingerprint density at radius 3 is 2.55 bits per heavy atom. The van der Waals surface area contributed by atoms with E-state index >= 15 is 0 Å². The summed E-state index contributed by atoms with van der Waals surface area (Å²) >= 11 is 0. The van der Waals surface area contributed by atoms with Crippen molar-refractivity contribution in [3.8, 4) is 6.07 Å². The lowest BCUT2D eigenvalue weighted by Crippen LogP contribution is -2.52. The quantitative estimate of drug-likeness (QED) is 0.506. The molecule has 3 saturated carbocycles. The number of rotatable bonds is 2. The molecule has 0 amide bonds. The number of benzene rings is 1. The lowest BCUT2D eigenvalue weighted by atomic mass is 9.47. The summed E-state index contributed by atoms with van der Waals surface area (Å²) in [5.41, 5.74) is 4.80. The van der Waals surface area contributed by atoms with Gasteiger partial charge in [-0.05, 0) is 124 Å². The van der Waals surface area contributed by atoms with E-state index in [1.54, 1.807) is 5.57 Å². The summed E-state index contributed by atoms with van der Waals surface area (Å²) in [5.74, 6) is 3.73. The molecule has 3 heteroatoms. The second-order valence-electron chi connectivity index (χ2n) is 12.5. The third kappa shape index (κ3) is 3.02. The van der Waals surface area contributed by atoms with Crippen LogP contribution in [0.4, 0.5) is 5.69 Å². The first-order valence-corrected chi connectivity index (χ1v) is 13.5. The Balaban J connectivity index is 1.23. The Morgan fingerprint density at radius 2 is 1.79 bits per heavy atom. The van der Waals surface area contributed by atoms with Gasteiger partial charge in [-0.25, -0.2) is 0 Å². The molecule has 8 atom stereocenters. The monoisotopic (exact) mass is 443 g/mol. The Labute approximate surface area is 200 Å². The zero-order chi connectivity index (χ0) is 23.0. The van der Waals surface area contributed by atoms with Crippen LogP contribution in [0.2, 0.25) is 0 Å². The predicted molar refractivity (Wildman–Crippen MR) is 135 cm³/mol. The van der Waals surface area contributed by atoms with Crippen LogP contribution in [0.1, 0.15) is 70.8 Å². The molecule has 3 nitrogen and oxygen atoms in total. The molecule has 4 fully saturated rings. The fourth-order valence-corrected chi connectivity index (χ4v) is 9.76. The van der Waals surface area contributed by atoms with E-state index in [-0.39, 0.29) is 0 Å². The number of allylic oxidation sites excluding steroid dienone is 1. The molecular formula is C30H41N3. The molecule has 176 valence electrons. The topological polar surface area (TPSA) is 30.3 Å². The number of hydrogen-bond acceptors (Lipinski definition) is 3. The number of anilines is 1. The molecule has 6 rings (SSSR count). The molecule has 1 aromatic carbocycles. The van der Waals surface area contributed by atoms with E-state index in [9.17, 15) is 0 Å². The molecule has 33 heavy (non-hydrogen) atoms. The van der Waals surface area contributed by atoms with Gasteiger partial charge < -0.3 is 9.80 Å². The van der Waals surface area contributed by atoms with Crippen molar-refractivity contribution in [3.05, 3.63) is 41.5 Å². The van der Waals surface area contributed by atoms with Gasteiger partial charge in [0.05, 0.1) is 11.6 Å². The normalized spacial score (nSPS) is 44.2. The van der Waals surface area contributed by atoms with E-state index in [1.165, 1.54) is 63.6 Å². The van der Waals surface area contributed by atoms with Crippen LogP contribution in [0.5, 0.6) is 0 Å². The molecule has 1 aromatic rings. The van der Waals surface area contributed by atoms with Crippen molar-refractivity contribution in [2.45, 2.75) is 77.3 Å². The average Bonchev–Trinajstić information content (AvgIpc) is 3.31. The maximum absolute atomic E-state index is 9.13. The van der Waals surface area contributed by atoms with Crippen LogP contribution in [-0.4, -0.2) is 37.6 Å². The maximum atomic E-state index is 9.13. The summed E-state index contributed by atoms with van der Waals surface area (Å²) in [6, 6.07) is 11.8. The average molecular weight is 444 g/mol. The summed E-state index contributed by atoms with van der Waals surface area (Å²) in [4.78, 5) is 5.16. The summed E-state index contributed by atoms with van der Waals surface area (Å²) in [7, 11) is 4.63. The van der Waals surface area contributed by atoms with Gasteiger partial charge in [0.1, 0.15) is 0 Å². The van der Waals surface area contributed by atoms with Gasteiger partial charge >= 0.3 is 0 Å². The molecule has 5 aliphatic rings. The minimum absolute atomic E-state index is 0.417. The second kappa shape index (κ2) is 7.61. The molecule has 0 radical (unpaired) electrons. The Hall–Kier alpha value is -1.79. The van der Waals surface area contributed by atoms with Crippen molar-refractivity contribution in [2.75, 3.05) is 25.5 Å². The van der Waals surface area contributed by atoms with E-state index in [1.807, 2.05) is 12.1 Å². The van der Waals surface area contributed by atoms with Crippen LogP contribution >= 0.6 is 0 Å². The molecule has 1 aliphatic heterocycles. The third-order valence-corrected chi connectivity index (χ3v) is 11.6. The van der Waals surface area contributed by atoms with Gasteiger partial charge in [0, 0.05) is 31.4 Å². The number of fused-ring (bicyclic) bond motifs is 4. The van der Waals surface area contributed by atoms with E-state index in [0.717, 1.165) is 35.3 Å². The van der Waals surface area contributed by atoms with Gasteiger partial charge in [0.15, 0.2) is 0 Å². The summed E-state index contributed by atoms with van der Waals surface area (Å²) < 4.78 is 0. The zero-order valence-corrected chi connectivity index (χ0v) is 21.1. The first kappa shape index (κ1) is 21.7. The van der Waals surface area contributed by atoms with Gasteiger partial charge in [-0.2, -0.15) is 5.26 Å². The first-order valence-electron chi connectivity index (χ1n) is 13.5. The van der Waals surface area contributed by atoms with Crippen LogP contribution in [-0.2, 0) is 0 Å². The van der Waals surface area contributed by atoms with Gasteiger partial charge in [-0.3, -0.25) is 0 Å². The van der Waals surface area contributed by atoms with E-state index < -0.39 is 0 Å². The fraction of sp³-hybridized carbons (Fsp3) is 0.700. The van der Waals surface area contributed by atoms with Gasteiger partial charge in [-0.15, -0.1) is 0 Å². The van der Waals surface area contributed by atoms with Gasteiger partial charge in [-0.1, -0.05) is 18.6 Å². The minimum atomic E-state index is 0.417. The highest BCUT2D eigenvalue weighted by molar-refractivity contribution is 5.50. The van der Waals surface area contributed by atoms with E-state index in [2.05, 4.69) is 62.0 Å². The lowest BCUT2D eigenvalue weighted by Gasteiger charge is -2.58. The first-order chi connectivity index (χ1) is 15.9. The van der Waals surface area contributed by atoms with Crippen molar-refractivity contribution < 1.29 is 0 Å². The Bertz CT molecular complexity index is 989. The van der Waals surface area contributed by atoms with Crippen molar-refractivity contribution in [1.82, 2.24) is 4.90 Å². The second-order valence-corrected chi connectivity index (χ2v) is 12.5. The van der Waals surface area contributed by atoms with Crippen molar-refractivity contribution in [3.63, 3.8) is 0 Å². The number of nitrogens with zero attached hydrogens (tertiary/aromatic N) is 3. The van der Waals surface area contributed by atoms with Crippen LogP contribution in [0.3, 0.4) is 0 Å². The van der Waals surface area contributed by atoms with Crippen molar-refractivity contribution >= 4 is 5.69 Å². The molecule has 0 bridgehead atoms. The highest BCUT2D eigenvalue weighted by Gasteiger charge is 2.64. The summed E-state index contributed by atoms with van der Waals surface area (Å²) in [5, 5.41) is 9.13. The number of nitriles is 1. The largest absolute Gasteiger partial charge is 0.371 e. The van der Waals surface area contributed by atoms with Gasteiger partial charge in [0.2, 0.25) is 0 Å². The molecule has 1 spiro atoms. The third-order valence-electron chi connectivity index (χ3n) is 11.6.